The topological polar surface area (TPSA) is 24.4 Å². The van der Waals surface area contributed by atoms with Gasteiger partial charge in [-0.05, 0) is 138 Å². The molecule has 0 saturated carbocycles. The van der Waals surface area contributed by atoms with E-state index >= 15 is 0 Å². The average molecular weight is 865 g/mol. The average Bonchev–Trinajstić information content (AvgIpc) is 3.37. The molecule has 8 aromatic rings. The molecule has 0 spiro atoms. The van der Waals surface area contributed by atoms with Crippen LogP contribution in [0, 0.1) is 12.8 Å². The Hall–Kier alpha value is -6.85. The molecule has 10 rings (SSSR count). The molecule has 2 unspecified atom stereocenters. The molecule has 1 aliphatic heterocycles. The van der Waals surface area contributed by atoms with E-state index in [0.29, 0.717) is 0 Å². The third-order valence-electron chi connectivity index (χ3n) is 12.6. The Morgan fingerprint density at radius 1 is 0.453 bits per heavy atom. The molecular weight excluding hydrogens is 813 g/mol. The number of allylic oxidation sites excluding steroid dienone is 4. The van der Waals surface area contributed by atoms with Crippen molar-refractivity contribution in [1.82, 2.24) is 5.32 Å². The summed E-state index contributed by atoms with van der Waals surface area (Å²) in [6.07, 6.45) is 8.03. The van der Waals surface area contributed by atoms with Crippen molar-refractivity contribution in [3.05, 3.63) is 282 Å². The molecular formula is C60H52N2S2. The quantitative estimate of drug-likeness (QED) is 0.138. The zero-order valence-electron chi connectivity index (χ0n) is 36.3. The Morgan fingerprint density at radius 3 is 1.34 bits per heavy atom. The first-order valence-corrected chi connectivity index (χ1v) is 25.4. The van der Waals surface area contributed by atoms with E-state index in [0.717, 1.165) is 23.4 Å². The Bertz CT molecular complexity index is 2800. The minimum absolute atomic E-state index is 0.272. The van der Waals surface area contributed by atoms with Crippen LogP contribution in [0.2, 0.25) is 0 Å². The maximum Gasteiger partial charge on any atom is 0.145 e. The Kier molecular flexibility index (Phi) is 11.6. The molecule has 2 nitrogen and oxygen atoms in total. The molecule has 0 amide bonds. The van der Waals surface area contributed by atoms with E-state index in [1.807, 2.05) is 0 Å². The van der Waals surface area contributed by atoms with Crippen molar-refractivity contribution in [2.24, 2.45) is 10.9 Å². The third kappa shape index (κ3) is 7.47. The maximum atomic E-state index is 5.61. The van der Waals surface area contributed by atoms with Gasteiger partial charge in [-0.1, -0.05) is 159 Å². The minimum Gasteiger partial charge on any atom is -0.360 e. The fourth-order valence-electron chi connectivity index (χ4n) is 9.46. The Labute approximate surface area is 382 Å². The monoisotopic (exact) mass is 864 g/mol. The van der Waals surface area contributed by atoms with Crippen molar-refractivity contribution in [3.8, 4) is 0 Å². The second-order valence-corrected chi connectivity index (χ2v) is 22.7. The summed E-state index contributed by atoms with van der Waals surface area (Å²) in [5.41, 5.74) is 6.90. The summed E-state index contributed by atoms with van der Waals surface area (Å²) in [6.45, 7) is 4.57. The van der Waals surface area contributed by atoms with E-state index in [1.165, 1.54) is 55.9 Å². The molecule has 0 bridgehead atoms. The van der Waals surface area contributed by atoms with Crippen LogP contribution in [-0.4, -0.2) is 5.71 Å². The van der Waals surface area contributed by atoms with Gasteiger partial charge < -0.3 is 5.32 Å². The zero-order valence-corrected chi connectivity index (χ0v) is 37.9. The van der Waals surface area contributed by atoms with Gasteiger partial charge in [0.15, 0.2) is 0 Å². The summed E-state index contributed by atoms with van der Waals surface area (Å²) in [7, 11) is -3.76. The number of nitrogens with one attached hydrogen (secondary N) is 1. The molecule has 64 heavy (non-hydrogen) atoms. The number of rotatable bonds is 11. The van der Waals surface area contributed by atoms with Crippen molar-refractivity contribution in [1.29, 1.82) is 0 Å². The number of aryl methyl sites for hydroxylation is 1. The van der Waals surface area contributed by atoms with Gasteiger partial charge in [0.05, 0.1) is 5.71 Å². The lowest BCUT2D eigenvalue weighted by molar-refractivity contribution is 0.591. The fraction of sp³-hybridized carbons (Fsp3) is 0.0833. The van der Waals surface area contributed by atoms with Crippen molar-refractivity contribution < 1.29 is 0 Å². The first-order chi connectivity index (χ1) is 31.6. The van der Waals surface area contributed by atoms with E-state index in [4.69, 9.17) is 4.99 Å². The van der Waals surface area contributed by atoms with Gasteiger partial charge in [0.2, 0.25) is 0 Å². The second-order valence-electron chi connectivity index (χ2n) is 16.4. The Morgan fingerprint density at radius 2 is 0.875 bits per heavy atom. The number of hydrogen-bond acceptors (Lipinski definition) is 2. The summed E-state index contributed by atoms with van der Waals surface area (Å²) in [6, 6.07) is 84.7. The molecule has 2 aliphatic rings. The minimum atomic E-state index is -1.90. The Balaban J connectivity index is 1.17. The lowest BCUT2D eigenvalue weighted by atomic mass is 9.89. The van der Waals surface area contributed by atoms with Crippen molar-refractivity contribution in [2.75, 3.05) is 0 Å². The van der Waals surface area contributed by atoms with Crippen LogP contribution in [-0.2, 0) is 0 Å². The highest BCUT2D eigenvalue weighted by atomic mass is 32.3. The SMILES string of the molecule is Cc1ccccc1C1N=C(c2cccc(S(c3ccccc3)(c3ccccc3)c3ccccc3)c2)C=C(C2=CC(S(c3ccccc3)(c3ccccc3)c3ccccc3)=CCC2C)N1. The highest BCUT2D eigenvalue weighted by Crippen LogP contribution is 2.75. The van der Waals surface area contributed by atoms with Crippen molar-refractivity contribution >= 4 is 25.8 Å². The van der Waals surface area contributed by atoms with E-state index < -0.39 is 20.1 Å². The molecule has 1 N–H and O–H groups in total. The lowest BCUT2D eigenvalue weighted by Gasteiger charge is -2.44. The lowest BCUT2D eigenvalue weighted by Crippen LogP contribution is -2.29. The fourth-order valence-corrected chi connectivity index (χ4v) is 17.4. The van der Waals surface area contributed by atoms with Crippen molar-refractivity contribution in [2.45, 2.75) is 60.7 Å². The van der Waals surface area contributed by atoms with E-state index in [9.17, 15) is 0 Å². The summed E-state index contributed by atoms with van der Waals surface area (Å²) < 4.78 is 0. The van der Waals surface area contributed by atoms with E-state index in [1.54, 1.807) is 0 Å². The molecule has 0 radical (unpaired) electrons. The third-order valence-corrected chi connectivity index (χ3v) is 20.4. The molecule has 314 valence electrons. The number of nitrogens with zero attached hydrogens (tertiary/aromatic N) is 1. The van der Waals surface area contributed by atoms with Crippen LogP contribution in [0.5, 0.6) is 0 Å². The highest BCUT2D eigenvalue weighted by Gasteiger charge is 2.37. The molecule has 0 saturated heterocycles. The van der Waals surface area contributed by atoms with Crippen LogP contribution in [0.4, 0.5) is 0 Å². The second kappa shape index (κ2) is 18.1. The van der Waals surface area contributed by atoms with Gasteiger partial charge in [-0.15, -0.1) is 20.1 Å². The molecule has 0 aromatic heterocycles. The highest BCUT2D eigenvalue weighted by molar-refractivity contribution is 8.37. The zero-order chi connectivity index (χ0) is 43.4. The predicted octanol–water partition coefficient (Wildman–Crippen LogP) is 16.1. The molecule has 8 aromatic carbocycles. The van der Waals surface area contributed by atoms with Gasteiger partial charge >= 0.3 is 0 Å². The van der Waals surface area contributed by atoms with Crippen LogP contribution in [0.3, 0.4) is 0 Å². The maximum absolute atomic E-state index is 5.61. The number of hydrogen-bond donors (Lipinski definition) is 1. The van der Waals surface area contributed by atoms with Crippen molar-refractivity contribution in [3.63, 3.8) is 0 Å². The molecule has 1 aliphatic carbocycles. The predicted molar refractivity (Wildman–Crippen MR) is 270 cm³/mol. The number of aliphatic imine (C=N–C) groups is 1. The van der Waals surface area contributed by atoms with Gasteiger partial charge in [-0.25, -0.2) is 0 Å². The van der Waals surface area contributed by atoms with Gasteiger partial charge in [0, 0.05) is 45.5 Å². The van der Waals surface area contributed by atoms with Crippen LogP contribution >= 0.6 is 20.1 Å². The standard InChI is InChI=1S/C60H52N2S2/c1-45-24-21-22-39-56(45)60-61-58(47-25-23-38-54(42-47)63(48-26-9-3-10-27-48,49-28-11-4-12-29-49)50-30-13-5-14-31-50)44-59(62-60)57-43-55(41-40-46(57)2)64(51-32-15-6-16-33-51,52-34-17-7-18-35-52)53-36-19-8-20-37-53/h3-39,41-44,46,60,62H,40H2,1-2H3. The summed E-state index contributed by atoms with van der Waals surface area (Å²) >= 11 is 0. The van der Waals surface area contributed by atoms with E-state index in [-0.39, 0.29) is 12.1 Å². The first kappa shape index (κ1) is 41.2. The normalized spacial score (nSPS) is 16.9. The summed E-state index contributed by atoms with van der Waals surface area (Å²) in [5, 5.41) is 4.02. The van der Waals surface area contributed by atoms with Crippen LogP contribution in [0.15, 0.2) is 304 Å². The summed E-state index contributed by atoms with van der Waals surface area (Å²) in [4.78, 5) is 16.1. The summed E-state index contributed by atoms with van der Waals surface area (Å²) in [5.74, 6) is 0.275. The van der Waals surface area contributed by atoms with Gasteiger partial charge in [-0.3, -0.25) is 4.99 Å². The van der Waals surface area contributed by atoms with Crippen LogP contribution in [0.25, 0.3) is 0 Å². The van der Waals surface area contributed by atoms with Crippen LogP contribution < -0.4 is 5.32 Å². The largest absolute Gasteiger partial charge is 0.360 e. The molecule has 4 heteroatoms. The molecule has 0 fully saturated rings. The van der Waals surface area contributed by atoms with Gasteiger partial charge in [-0.2, -0.15) is 0 Å². The first-order valence-electron chi connectivity index (χ1n) is 22.2. The van der Waals surface area contributed by atoms with Crippen LogP contribution in [0.1, 0.15) is 36.2 Å². The number of benzene rings is 8. The molecule has 2 atom stereocenters. The molecule has 1 heterocycles. The smallest absolute Gasteiger partial charge is 0.145 e. The van der Waals surface area contributed by atoms with Gasteiger partial charge in [0.1, 0.15) is 6.17 Å². The van der Waals surface area contributed by atoms with Gasteiger partial charge in [0.25, 0.3) is 0 Å². The van der Waals surface area contributed by atoms with E-state index in [2.05, 4.69) is 268 Å².